The minimum atomic E-state index is -1.74. The number of ether oxygens (including phenoxy) is 7. The second kappa shape index (κ2) is 26.1. The van der Waals surface area contributed by atoms with E-state index in [2.05, 4.69) is 53.8 Å². The van der Waals surface area contributed by atoms with Crippen LogP contribution in [0.5, 0.6) is 5.75 Å². The molecule has 0 aliphatic heterocycles. The molecule has 0 bridgehead atoms. The maximum atomic E-state index is 16.4. The normalized spacial score (nSPS) is 14.6. The van der Waals surface area contributed by atoms with Gasteiger partial charge in [0.2, 0.25) is 0 Å². The molecule has 0 saturated heterocycles. The van der Waals surface area contributed by atoms with E-state index in [1.165, 1.54) is 76.8 Å². The first kappa shape index (κ1) is 53.3. The monoisotopic (exact) mass is 928 g/mol. The van der Waals surface area contributed by atoms with Crippen LogP contribution >= 0.6 is 0 Å². The maximum absolute atomic E-state index is 16.4. The lowest BCUT2D eigenvalue weighted by atomic mass is 9.77. The van der Waals surface area contributed by atoms with Gasteiger partial charge in [0.1, 0.15) is 43.4 Å². The minimum Gasteiger partial charge on any atom is -0.492 e. The van der Waals surface area contributed by atoms with Gasteiger partial charge in [-0.2, -0.15) is 0 Å². The Morgan fingerprint density at radius 2 is 1.19 bits per heavy atom. The van der Waals surface area contributed by atoms with Crippen LogP contribution in [0.3, 0.4) is 0 Å². The summed E-state index contributed by atoms with van der Waals surface area (Å²) < 4.78 is 53.0. The van der Waals surface area contributed by atoms with Crippen LogP contribution in [0.2, 0.25) is 0 Å². The van der Waals surface area contributed by atoms with E-state index in [0.29, 0.717) is 41.0 Å². The fourth-order valence-corrected chi connectivity index (χ4v) is 7.96. The summed E-state index contributed by atoms with van der Waals surface area (Å²) in [5.74, 6) is -5.71. The summed E-state index contributed by atoms with van der Waals surface area (Å²) >= 11 is 0. The molecule has 0 spiro atoms. The van der Waals surface area contributed by atoms with Gasteiger partial charge in [-0.05, 0) is 122 Å². The third-order valence-corrected chi connectivity index (χ3v) is 12.0. The number of carbonyl (C=O) groups is 6. The van der Waals surface area contributed by atoms with E-state index < -0.39 is 73.5 Å². The maximum Gasteiger partial charge on any atom is 0.417 e. The zero-order chi connectivity index (χ0) is 49.1. The Balaban J connectivity index is 1.68. The lowest BCUT2D eigenvalue weighted by Crippen LogP contribution is -2.45. The second-order valence-corrected chi connectivity index (χ2v) is 17.3. The summed E-state index contributed by atoms with van der Waals surface area (Å²) in [4.78, 5) is 73.9. The lowest BCUT2D eigenvalue weighted by Gasteiger charge is -2.32. The summed E-state index contributed by atoms with van der Waals surface area (Å²) in [5, 5.41) is 0. The van der Waals surface area contributed by atoms with Crippen LogP contribution in [0.15, 0.2) is 78.9 Å². The molecule has 0 heterocycles. The highest BCUT2D eigenvalue weighted by Gasteiger charge is 2.39. The zero-order valence-electron chi connectivity index (χ0n) is 39.8. The van der Waals surface area contributed by atoms with Crippen molar-refractivity contribution in [3.63, 3.8) is 0 Å². The molecule has 1 fully saturated rings. The van der Waals surface area contributed by atoms with Crippen LogP contribution in [0, 0.1) is 17.2 Å². The molecule has 362 valence electrons. The van der Waals surface area contributed by atoms with Crippen molar-refractivity contribution >= 4 is 35.8 Å². The average molecular weight is 929 g/mol. The van der Waals surface area contributed by atoms with Gasteiger partial charge in [-0.1, -0.05) is 89.1 Å². The van der Waals surface area contributed by atoms with Crippen molar-refractivity contribution < 1.29 is 66.3 Å². The molecule has 4 rings (SSSR count). The molecule has 0 N–H and O–H groups in total. The summed E-state index contributed by atoms with van der Waals surface area (Å²) in [6, 6.07) is 17.1. The highest BCUT2D eigenvalue weighted by molar-refractivity contribution is 6.30. The molecule has 3 aromatic rings. The third kappa shape index (κ3) is 15.6. The quantitative estimate of drug-likeness (QED) is 0.0290. The van der Waals surface area contributed by atoms with Gasteiger partial charge in [-0.15, -0.1) is 0 Å². The molecule has 0 unspecified atom stereocenters. The first-order valence-corrected chi connectivity index (χ1v) is 22.9. The van der Waals surface area contributed by atoms with Crippen LogP contribution < -0.4 is 4.74 Å². The highest BCUT2D eigenvalue weighted by atomic mass is 19.1. The Labute approximate surface area is 393 Å². The number of aryl methyl sites for hydroxylation is 2. The van der Waals surface area contributed by atoms with Crippen molar-refractivity contribution in [2.45, 2.75) is 104 Å². The first-order valence-electron chi connectivity index (χ1n) is 22.9. The van der Waals surface area contributed by atoms with Gasteiger partial charge < -0.3 is 33.2 Å². The standard InChI is InChI=1S/C53H65FO13/c1-9-11-12-14-36-16-18-38(19-17-36)39-20-22-40(23-21-39)41-24-25-43(45(54)28-41)44-27-42(15-13-26-63-47(55)34(3)4)46(29-37(44)10-2)64-30-53(31-65-48(56)35(5)6,32-66-51(59)49(57)61-7)33-67-52(60)50(58)62-8/h20-25,27-29,36,38H,3,5,9-19,26,30-33H2,1-2,4,6-8H3. The number of unbranched alkanes of at least 4 members (excludes halogenated alkanes) is 2. The summed E-state index contributed by atoms with van der Waals surface area (Å²) in [6.07, 6.45) is 11.1. The molecule has 1 aliphatic rings. The first-order chi connectivity index (χ1) is 32.0. The van der Waals surface area contributed by atoms with Crippen LogP contribution in [0.25, 0.3) is 22.3 Å². The molecule has 14 heteroatoms. The van der Waals surface area contributed by atoms with Crippen LogP contribution in [-0.2, 0) is 70.0 Å². The molecule has 3 aromatic carbocycles. The van der Waals surface area contributed by atoms with E-state index in [0.717, 1.165) is 31.3 Å². The summed E-state index contributed by atoms with van der Waals surface area (Å²) in [7, 11) is 1.95. The Kier molecular flexibility index (Phi) is 20.8. The molecule has 0 amide bonds. The van der Waals surface area contributed by atoms with Crippen LogP contribution in [-0.4, -0.2) is 83.1 Å². The van der Waals surface area contributed by atoms with Crippen LogP contribution in [0.1, 0.15) is 108 Å². The van der Waals surface area contributed by atoms with E-state index in [1.54, 1.807) is 18.2 Å². The van der Waals surface area contributed by atoms with Crippen molar-refractivity contribution in [3.05, 3.63) is 101 Å². The number of rotatable bonds is 23. The van der Waals surface area contributed by atoms with Gasteiger partial charge in [0.05, 0.1) is 20.8 Å². The van der Waals surface area contributed by atoms with E-state index in [1.807, 2.05) is 13.0 Å². The number of hydrogen-bond acceptors (Lipinski definition) is 13. The predicted molar refractivity (Wildman–Crippen MR) is 249 cm³/mol. The van der Waals surface area contributed by atoms with E-state index in [9.17, 15) is 28.8 Å². The minimum absolute atomic E-state index is 0.0181. The van der Waals surface area contributed by atoms with Gasteiger partial charge >= 0.3 is 35.8 Å². The molecule has 0 aromatic heterocycles. The Morgan fingerprint density at radius 1 is 0.627 bits per heavy atom. The van der Waals surface area contributed by atoms with E-state index in [-0.39, 0.29) is 29.9 Å². The highest BCUT2D eigenvalue weighted by Crippen LogP contribution is 2.40. The predicted octanol–water partition coefficient (Wildman–Crippen LogP) is 9.55. The van der Waals surface area contributed by atoms with Crippen molar-refractivity contribution in [1.82, 2.24) is 0 Å². The molecule has 13 nitrogen and oxygen atoms in total. The molecule has 67 heavy (non-hydrogen) atoms. The molecule has 0 radical (unpaired) electrons. The average Bonchev–Trinajstić information content (AvgIpc) is 3.34. The number of carbonyl (C=O) groups excluding carboxylic acids is 6. The molecular formula is C53H65FO13. The van der Waals surface area contributed by atoms with Gasteiger partial charge in [0.25, 0.3) is 0 Å². The Bertz CT molecular complexity index is 2200. The fraction of sp³-hybridized carbons (Fsp3) is 0.472. The fourth-order valence-electron chi connectivity index (χ4n) is 7.96. The Morgan fingerprint density at radius 3 is 1.73 bits per heavy atom. The van der Waals surface area contributed by atoms with E-state index in [4.69, 9.17) is 23.7 Å². The summed E-state index contributed by atoms with van der Waals surface area (Å²) in [5.41, 5.74) is 3.64. The second-order valence-electron chi connectivity index (χ2n) is 17.3. The van der Waals surface area contributed by atoms with Crippen molar-refractivity contribution in [1.29, 1.82) is 0 Å². The third-order valence-electron chi connectivity index (χ3n) is 12.0. The van der Waals surface area contributed by atoms with Gasteiger partial charge in [0, 0.05) is 16.7 Å². The lowest BCUT2D eigenvalue weighted by molar-refractivity contribution is -0.177. The van der Waals surface area contributed by atoms with Crippen molar-refractivity contribution in [3.8, 4) is 28.0 Å². The molecule has 0 atom stereocenters. The van der Waals surface area contributed by atoms with Gasteiger partial charge in [-0.3, -0.25) is 0 Å². The zero-order valence-corrected chi connectivity index (χ0v) is 39.8. The smallest absolute Gasteiger partial charge is 0.417 e. The molecular weight excluding hydrogens is 864 g/mol. The van der Waals surface area contributed by atoms with Crippen molar-refractivity contribution in [2.24, 2.45) is 11.3 Å². The van der Waals surface area contributed by atoms with E-state index >= 15 is 4.39 Å². The molecule has 1 aliphatic carbocycles. The largest absolute Gasteiger partial charge is 0.492 e. The SMILES string of the molecule is C=C(C)C(=O)OCCCc1cc(-c2ccc(-c3ccc(C4CCC(CCCCC)CC4)cc3)cc2F)c(CC)cc1OCC(COC(=O)C(=C)C)(COC(=O)C(=O)OC)COC(=O)C(=O)OC. The Hall–Kier alpha value is -6.31. The van der Waals surface area contributed by atoms with Crippen LogP contribution in [0.4, 0.5) is 4.39 Å². The number of halogens is 1. The number of methoxy groups -OCH3 is 2. The van der Waals surface area contributed by atoms with Gasteiger partial charge in [-0.25, -0.2) is 33.2 Å². The number of esters is 6. The van der Waals surface area contributed by atoms with Crippen molar-refractivity contribution in [2.75, 3.05) is 47.3 Å². The topological polar surface area (TPSA) is 167 Å². The molecule has 1 saturated carbocycles. The number of hydrogen-bond donors (Lipinski definition) is 0. The summed E-state index contributed by atoms with van der Waals surface area (Å²) in [6.45, 7) is 11.7. The number of benzene rings is 3. The van der Waals surface area contributed by atoms with Gasteiger partial charge in [0.15, 0.2) is 0 Å².